The molecule has 0 saturated carbocycles. The fourth-order valence-corrected chi connectivity index (χ4v) is 13.5. The summed E-state index contributed by atoms with van der Waals surface area (Å²) in [7, 11) is 0. The van der Waals surface area contributed by atoms with Gasteiger partial charge in [-0.25, -0.2) is 34.9 Å². The highest BCUT2D eigenvalue weighted by atomic mass is 15.0. The van der Waals surface area contributed by atoms with Crippen molar-refractivity contribution < 1.29 is 0 Å². The van der Waals surface area contributed by atoms with Crippen LogP contribution in [-0.2, 0) is 0 Å². The Bertz CT molecular complexity index is 5630. The minimum Gasteiger partial charge on any atom is -0.256 e. The van der Waals surface area contributed by atoms with Crippen molar-refractivity contribution in [3.8, 4) is 158 Å². The molecule has 18 rings (SSSR count). The summed E-state index contributed by atoms with van der Waals surface area (Å²) in [5.74, 6) is 3.90. The third-order valence-electron chi connectivity index (χ3n) is 18.8. The number of nitrogens with zero attached hydrogens (tertiary/aromatic N) is 8. The molecule has 0 spiro atoms. The first-order valence-corrected chi connectivity index (χ1v) is 34.8. The van der Waals surface area contributed by atoms with E-state index < -0.39 is 0 Å². The predicted octanol–water partition coefficient (Wildman–Crippen LogP) is 24.2. The number of rotatable bonds is 14. The third kappa shape index (κ3) is 13.5. The summed E-state index contributed by atoms with van der Waals surface area (Å²) in [6.45, 7) is 0. The van der Waals surface area contributed by atoms with Crippen LogP contribution in [0.5, 0.6) is 0 Å². The van der Waals surface area contributed by atoms with Gasteiger partial charge >= 0.3 is 0 Å². The molecular weight excluding hydrogens is 1270 g/mol. The molecular formula is C96H64N8. The highest BCUT2D eigenvalue weighted by Gasteiger charge is 2.18. The SMILES string of the molecule is c1ccc(-c2cc(-c3ccccc3)nc(-c3ccc(-c4ccc(-c5ccc(-c6nc(-c7ccccc7)nc(-c7ccccc7)n6)cc5)c5ccccc45)cc3)c2)cc1.c1ccc(-c2nc(-c3ccccc3)nc(-c3ccc(-c4ccc(-c5ccc(-c6ccccn6)cc5)c5ccccc45)cc3)n2)cc1. The molecule has 488 valence electrons. The van der Waals surface area contributed by atoms with E-state index in [1.165, 1.54) is 54.9 Å². The van der Waals surface area contributed by atoms with Gasteiger partial charge < -0.3 is 0 Å². The fraction of sp³-hybridized carbons (Fsp3) is 0. The molecule has 0 atom stereocenters. The molecule has 0 N–H and O–H groups in total. The van der Waals surface area contributed by atoms with Gasteiger partial charge in [0.2, 0.25) is 0 Å². The number of benzene rings is 14. The van der Waals surface area contributed by atoms with Crippen LogP contribution in [-0.4, -0.2) is 39.9 Å². The molecule has 18 aromatic rings. The highest BCUT2D eigenvalue weighted by molar-refractivity contribution is 6.06. The van der Waals surface area contributed by atoms with E-state index in [0.717, 1.165) is 89.4 Å². The normalized spacial score (nSPS) is 11.1. The quantitative estimate of drug-likeness (QED) is 0.106. The maximum Gasteiger partial charge on any atom is 0.164 e. The van der Waals surface area contributed by atoms with E-state index in [1.54, 1.807) is 0 Å². The Kier molecular flexibility index (Phi) is 17.7. The Labute approximate surface area is 603 Å². The van der Waals surface area contributed by atoms with E-state index in [9.17, 15) is 0 Å². The maximum absolute atomic E-state index is 5.15. The Morgan fingerprint density at radius 3 is 0.644 bits per heavy atom. The van der Waals surface area contributed by atoms with Crippen molar-refractivity contribution in [1.29, 1.82) is 0 Å². The monoisotopic (exact) mass is 1330 g/mol. The Balaban J connectivity index is 0.000000158. The zero-order valence-electron chi connectivity index (χ0n) is 56.5. The largest absolute Gasteiger partial charge is 0.256 e. The van der Waals surface area contributed by atoms with E-state index in [-0.39, 0.29) is 0 Å². The third-order valence-corrected chi connectivity index (χ3v) is 18.8. The van der Waals surface area contributed by atoms with Gasteiger partial charge in [-0.05, 0) is 101 Å². The van der Waals surface area contributed by atoms with E-state index in [4.69, 9.17) is 34.9 Å². The maximum atomic E-state index is 5.15. The summed E-state index contributed by atoms with van der Waals surface area (Å²) in [5.41, 5.74) is 23.5. The van der Waals surface area contributed by atoms with Gasteiger partial charge in [0.1, 0.15) is 0 Å². The number of hydrogen-bond donors (Lipinski definition) is 0. The first-order chi connectivity index (χ1) is 51.5. The van der Waals surface area contributed by atoms with Crippen LogP contribution in [0.4, 0.5) is 0 Å². The summed E-state index contributed by atoms with van der Waals surface area (Å²) >= 11 is 0. The van der Waals surface area contributed by atoms with Crippen LogP contribution in [0.15, 0.2) is 388 Å². The Morgan fingerprint density at radius 2 is 0.356 bits per heavy atom. The van der Waals surface area contributed by atoms with Gasteiger partial charge in [0, 0.05) is 56.3 Å². The van der Waals surface area contributed by atoms with Crippen molar-refractivity contribution >= 4 is 21.5 Å². The molecule has 0 aliphatic carbocycles. The van der Waals surface area contributed by atoms with Crippen molar-refractivity contribution in [2.24, 2.45) is 0 Å². The molecule has 0 unspecified atom stereocenters. The van der Waals surface area contributed by atoms with Gasteiger partial charge in [-0.3, -0.25) is 4.98 Å². The van der Waals surface area contributed by atoms with Crippen molar-refractivity contribution in [2.75, 3.05) is 0 Å². The molecule has 8 nitrogen and oxygen atoms in total. The van der Waals surface area contributed by atoms with Gasteiger partial charge in [-0.1, -0.05) is 358 Å². The minimum atomic E-state index is 0.640. The predicted molar refractivity (Wildman–Crippen MR) is 426 cm³/mol. The lowest BCUT2D eigenvalue weighted by Gasteiger charge is -2.14. The summed E-state index contributed by atoms with van der Waals surface area (Å²) in [5, 5.41) is 4.82. The first kappa shape index (κ1) is 63.4. The minimum absolute atomic E-state index is 0.640. The average Bonchev–Trinajstić information content (AvgIpc) is 0.788. The number of fused-ring (bicyclic) bond motifs is 2. The van der Waals surface area contributed by atoms with Crippen LogP contribution in [0.1, 0.15) is 0 Å². The molecule has 0 radical (unpaired) electrons. The zero-order chi connectivity index (χ0) is 69.4. The number of hydrogen-bond acceptors (Lipinski definition) is 8. The van der Waals surface area contributed by atoms with Crippen LogP contribution in [0.2, 0.25) is 0 Å². The standard InChI is InChI=1S/C54H36N4.C42H28N4/c1-5-15-37(16-6-1)45-35-50(40-17-7-2-8-18-40)55-51(36-45)41-29-25-38(26-30-41)46-33-34-47(49-24-14-13-23-48(46)49)39-27-31-44(32-28-39)54-57-52(42-19-9-3-10-20-42)56-53(58-54)43-21-11-4-12-22-43;1-3-11-32(12-4-1)40-44-41(33-13-5-2-6-14-33)46-42(45-40)34-24-20-30(21-25-34)36-27-26-35(37-15-7-8-16-38(36)37)29-18-22-31(23-19-29)39-17-9-10-28-43-39/h1-36H;1-28H. The Hall–Kier alpha value is -14.1. The fourth-order valence-electron chi connectivity index (χ4n) is 13.5. The second-order valence-electron chi connectivity index (χ2n) is 25.4. The smallest absolute Gasteiger partial charge is 0.164 e. The van der Waals surface area contributed by atoms with Crippen LogP contribution in [0.25, 0.3) is 179 Å². The molecule has 4 aromatic heterocycles. The highest BCUT2D eigenvalue weighted by Crippen LogP contribution is 2.41. The van der Waals surface area contributed by atoms with Crippen LogP contribution in [0.3, 0.4) is 0 Å². The second-order valence-corrected chi connectivity index (χ2v) is 25.4. The van der Waals surface area contributed by atoms with Crippen molar-refractivity contribution in [2.45, 2.75) is 0 Å². The van der Waals surface area contributed by atoms with E-state index in [1.807, 2.05) is 152 Å². The van der Waals surface area contributed by atoms with Gasteiger partial charge in [0.15, 0.2) is 34.9 Å². The lowest BCUT2D eigenvalue weighted by molar-refractivity contribution is 1.07. The van der Waals surface area contributed by atoms with Crippen LogP contribution >= 0.6 is 0 Å². The molecule has 0 amide bonds. The zero-order valence-corrected chi connectivity index (χ0v) is 56.5. The summed E-state index contributed by atoms with van der Waals surface area (Å²) < 4.78 is 0. The molecule has 8 heteroatoms. The van der Waals surface area contributed by atoms with Gasteiger partial charge in [0.25, 0.3) is 0 Å². The molecule has 0 bridgehead atoms. The molecule has 104 heavy (non-hydrogen) atoms. The molecule has 0 aliphatic rings. The Morgan fingerprint density at radius 1 is 0.135 bits per heavy atom. The van der Waals surface area contributed by atoms with E-state index >= 15 is 0 Å². The summed E-state index contributed by atoms with van der Waals surface area (Å²) in [6.07, 6.45) is 1.83. The van der Waals surface area contributed by atoms with Gasteiger partial charge in [0.05, 0.1) is 17.1 Å². The van der Waals surface area contributed by atoms with E-state index in [2.05, 4.69) is 242 Å². The number of aromatic nitrogens is 8. The first-order valence-electron chi connectivity index (χ1n) is 34.8. The van der Waals surface area contributed by atoms with Gasteiger partial charge in [-0.15, -0.1) is 0 Å². The molecule has 0 fully saturated rings. The lowest BCUT2D eigenvalue weighted by Crippen LogP contribution is -2.00. The van der Waals surface area contributed by atoms with E-state index in [0.29, 0.717) is 34.9 Å². The van der Waals surface area contributed by atoms with Crippen molar-refractivity contribution in [1.82, 2.24) is 39.9 Å². The van der Waals surface area contributed by atoms with Crippen LogP contribution in [0, 0.1) is 0 Å². The molecule has 0 aliphatic heterocycles. The lowest BCUT2D eigenvalue weighted by atomic mass is 9.91. The topological polar surface area (TPSA) is 103 Å². The second kappa shape index (κ2) is 29.0. The number of pyridine rings is 2. The molecule has 0 saturated heterocycles. The van der Waals surface area contributed by atoms with Crippen molar-refractivity contribution in [3.63, 3.8) is 0 Å². The van der Waals surface area contributed by atoms with Crippen molar-refractivity contribution in [3.05, 3.63) is 388 Å². The van der Waals surface area contributed by atoms with Gasteiger partial charge in [-0.2, -0.15) is 0 Å². The summed E-state index contributed by atoms with van der Waals surface area (Å²) in [4.78, 5) is 39.0. The molecule has 14 aromatic carbocycles. The average molecular weight is 1330 g/mol. The van der Waals surface area contributed by atoms with Crippen LogP contribution < -0.4 is 0 Å². The molecule has 4 heterocycles. The summed E-state index contributed by atoms with van der Waals surface area (Å²) in [6, 6.07) is 132.